The summed E-state index contributed by atoms with van der Waals surface area (Å²) in [6.07, 6.45) is 0.821. The Morgan fingerprint density at radius 3 is 2.77 bits per heavy atom. The molecule has 3 N–H and O–H groups in total. The van der Waals surface area contributed by atoms with E-state index in [1.165, 1.54) is 6.07 Å². The Morgan fingerprint density at radius 1 is 1.27 bits per heavy atom. The molecular formula is C18H21FN6O. The molecule has 0 spiro atoms. The van der Waals surface area contributed by atoms with Gasteiger partial charge in [0, 0.05) is 24.4 Å². The van der Waals surface area contributed by atoms with E-state index in [1.54, 1.807) is 23.6 Å². The summed E-state index contributed by atoms with van der Waals surface area (Å²) in [4.78, 5) is 20.6. The molecule has 0 saturated heterocycles. The first kappa shape index (κ1) is 17.8. The molecule has 2 heterocycles. The number of carbonyl (C=O) groups is 1. The van der Waals surface area contributed by atoms with Crippen molar-refractivity contribution in [1.29, 1.82) is 0 Å². The van der Waals surface area contributed by atoms with Crippen molar-refractivity contribution in [2.45, 2.75) is 40.2 Å². The molecule has 0 aliphatic heterocycles. The van der Waals surface area contributed by atoms with Gasteiger partial charge in [0.2, 0.25) is 11.9 Å². The summed E-state index contributed by atoms with van der Waals surface area (Å²) in [7, 11) is 0. The van der Waals surface area contributed by atoms with Crippen molar-refractivity contribution in [2.75, 3.05) is 5.73 Å². The normalized spacial score (nSPS) is 11.1. The monoisotopic (exact) mass is 356 g/mol. The average Bonchev–Trinajstić information content (AvgIpc) is 2.96. The molecule has 0 aliphatic carbocycles. The maximum absolute atomic E-state index is 13.5. The largest absolute Gasteiger partial charge is 0.366 e. The predicted octanol–water partition coefficient (Wildman–Crippen LogP) is 2.02. The number of aryl methyl sites for hydroxylation is 3. The Morgan fingerprint density at radius 2 is 2.04 bits per heavy atom. The standard InChI is InChI=1S/C18H21FN6O/c1-10-4-5-13(8-15(10)19)9-21-16(26)7-6-14-11(2)22-18-23-17(20)24-25(18)12(14)3/h4-5,8H,6-7,9H2,1-3H3,(H2,20,24)(H,21,26). The number of nitrogens with one attached hydrogen (secondary N) is 1. The molecule has 0 saturated carbocycles. The second-order valence-electron chi connectivity index (χ2n) is 6.30. The van der Waals surface area contributed by atoms with Crippen LogP contribution in [0.5, 0.6) is 0 Å². The number of anilines is 1. The molecule has 0 radical (unpaired) electrons. The van der Waals surface area contributed by atoms with Crippen LogP contribution in [0.2, 0.25) is 0 Å². The molecule has 0 atom stereocenters. The van der Waals surface area contributed by atoms with Gasteiger partial charge in [0.05, 0.1) is 0 Å². The number of hydrogen-bond acceptors (Lipinski definition) is 5. The molecular weight excluding hydrogens is 335 g/mol. The topological polar surface area (TPSA) is 98.2 Å². The van der Waals surface area contributed by atoms with Gasteiger partial charge < -0.3 is 11.1 Å². The molecule has 0 fully saturated rings. The number of aromatic nitrogens is 4. The Kier molecular flexibility index (Phi) is 4.83. The van der Waals surface area contributed by atoms with Crippen LogP contribution in [0.4, 0.5) is 10.3 Å². The molecule has 0 aliphatic rings. The van der Waals surface area contributed by atoms with E-state index in [-0.39, 0.29) is 17.7 Å². The number of benzene rings is 1. The van der Waals surface area contributed by atoms with Crippen LogP contribution >= 0.6 is 0 Å². The molecule has 1 amide bonds. The lowest BCUT2D eigenvalue weighted by atomic mass is 10.1. The van der Waals surface area contributed by atoms with E-state index in [9.17, 15) is 9.18 Å². The number of nitrogens with two attached hydrogens (primary N) is 1. The van der Waals surface area contributed by atoms with Gasteiger partial charge in [-0.2, -0.15) is 9.50 Å². The van der Waals surface area contributed by atoms with Gasteiger partial charge in [-0.25, -0.2) is 9.37 Å². The van der Waals surface area contributed by atoms with Crippen molar-refractivity contribution in [2.24, 2.45) is 0 Å². The maximum Gasteiger partial charge on any atom is 0.254 e. The van der Waals surface area contributed by atoms with E-state index in [0.717, 1.165) is 22.5 Å². The van der Waals surface area contributed by atoms with Gasteiger partial charge in [-0.3, -0.25) is 4.79 Å². The predicted molar refractivity (Wildman–Crippen MR) is 96.0 cm³/mol. The van der Waals surface area contributed by atoms with E-state index in [2.05, 4.69) is 20.4 Å². The molecule has 26 heavy (non-hydrogen) atoms. The molecule has 8 heteroatoms. The Hall–Kier alpha value is -3.03. The summed E-state index contributed by atoms with van der Waals surface area (Å²) in [6, 6.07) is 4.95. The zero-order valence-electron chi connectivity index (χ0n) is 15.0. The molecule has 2 aromatic heterocycles. The molecule has 136 valence electrons. The number of nitrogen functional groups attached to an aromatic ring is 1. The minimum Gasteiger partial charge on any atom is -0.366 e. The lowest BCUT2D eigenvalue weighted by molar-refractivity contribution is -0.121. The van der Waals surface area contributed by atoms with Crippen molar-refractivity contribution in [3.63, 3.8) is 0 Å². The van der Waals surface area contributed by atoms with Gasteiger partial charge in [-0.15, -0.1) is 5.10 Å². The van der Waals surface area contributed by atoms with Crippen LogP contribution in [0, 0.1) is 26.6 Å². The molecule has 3 rings (SSSR count). The lowest BCUT2D eigenvalue weighted by Gasteiger charge is -2.11. The van der Waals surface area contributed by atoms with Crippen LogP contribution in [0.15, 0.2) is 18.2 Å². The van der Waals surface area contributed by atoms with Crippen molar-refractivity contribution >= 4 is 17.6 Å². The number of amides is 1. The first-order valence-corrected chi connectivity index (χ1v) is 8.35. The smallest absolute Gasteiger partial charge is 0.254 e. The highest BCUT2D eigenvalue weighted by Crippen LogP contribution is 2.16. The van der Waals surface area contributed by atoms with E-state index >= 15 is 0 Å². The SMILES string of the molecule is Cc1ccc(CNC(=O)CCc2c(C)nc3nc(N)nn3c2C)cc1F. The summed E-state index contributed by atoms with van der Waals surface area (Å²) in [6.45, 7) is 5.78. The highest BCUT2D eigenvalue weighted by atomic mass is 19.1. The second kappa shape index (κ2) is 7.07. The van der Waals surface area contributed by atoms with Crippen LogP contribution in [-0.4, -0.2) is 25.5 Å². The molecule has 0 bridgehead atoms. The minimum atomic E-state index is -0.269. The highest BCUT2D eigenvalue weighted by Gasteiger charge is 2.14. The van der Waals surface area contributed by atoms with Crippen molar-refractivity contribution in [3.8, 4) is 0 Å². The summed E-state index contributed by atoms with van der Waals surface area (Å²) in [5, 5.41) is 6.93. The van der Waals surface area contributed by atoms with E-state index < -0.39 is 0 Å². The highest BCUT2D eigenvalue weighted by molar-refractivity contribution is 5.76. The lowest BCUT2D eigenvalue weighted by Crippen LogP contribution is -2.23. The zero-order chi connectivity index (χ0) is 18.8. The van der Waals surface area contributed by atoms with Crippen LogP contribution in [0.1, 0.15) is 34.5 Å². The first-order chi connectivity index (χ1) is 12.3. The van der Waals surface area contributed by atoms with Crippen molar-refractivity contribution in [3.05, 3.63) is 52.1 Å². The quantitative estimate of drug-likeness (QED) is 0.729. The average molecular weight is 356 g/mol. The van der Waals surface area contributed by atoms with Gasteiger partial charge in [0.15, 0.2) is 0 Å². The number of hydrogen-bond donors (Lipinski definition) is 2. The van der Waals surface area contributed by atoms with Gasteiger partial charge in [0.25, 0.3) is 5.78 Å². The summed E-state index contributed by atoms with van der Waals surface area (Å²) in [5.74, 6) is 0.241. The van der Waals surface area contributed by atoms with Gasteiger partial charge in [-0.05, 0) is 49.9 Å². The second-order valence-corrected chi connectivity index (χ2v) is 6.30. The summed E-state index contributed by atoms with van der Waals surface area (Å²) < 4.78 is 15.1. The number of fused-ring (bicyclic) bond motifs is 1. The Balaban J connectivity index is 1.64. The van der Waals surface area contributed by atoms with Crippen molar-refractivity contribution in [1.82, 2.24) is 24.9 Å². The molecule has 3 aromatic rings. The maximum atomic E-state index is 13.5. The van der Waals surface area contributed by atoms with Gasteiger partial charge >= 0.3 is 0 Å². The van der Waals surface area contributed by atoms with Crippen LogP contribution in [-0.2, 0) is 17.8 Å². The van der Waals surface area contributed by atoms with Crippen LogP contribution in [0.3, 0.4) is 0 Å². The van der Waals surface area contributed by atoms with Crippen LogP contribution in [0.25, 0.3) is 5.78 Å². The van der Waals surface area contributed by atoms with E-state index in [0.29, 0.717) is 30.7 Å². The van der Waals surface area contributed by atoms with Gasteiger partial charge in [-0.1, -0.05) is 12.1 Å². The summed E-state index contributed by atoms with van der Waals surface area (Å²) >= 11 is 0. The van der Waals surface area contributed by atoms with Crippen molar-refractivity contribution < 1.29 is 9.18 Å². The fourth-order valence-corrected chi connectivity index (χ4v) is 2.86. The summed E-state index contributed by atoms with van der Waals surface area (Å²) in [5.41, 5.74) is 9.55. The minimum absolute atomic E-state index is 0.108. The third kappa shape index (κ3) is 3.63. The zero-order valence-corrected chi connectivity index (χ0v) is 15.0. The van der Waals surface area contributed by atoms with E-state index in [4.69, 9.17) is 5.73 Å². The fraction of sp³-hybridized carbons (Fsp3) is 0.333. The Bertz CT molecular complexity index is 981. The number of rotatable bonds is 5. The third-order valence-corrected chi connectivity index (χ3v) is 4.39. The third-order valence-electron chi connectivity index (χ3n) is 4.39. The number of halogens is 1. The van der Waals surface area contributed by atoms with Gasteiger partial charge in [0.1, 0.15) is 5.82 Å². The number of nitrogens with zero attached hydrogens (tertiary/aromatic N) is 4. The number of carbonyl (C=O) groups excluding carboxylic acids is 1. The molecule has 7 nitrogen and oxygen atoms in total. The molecule has 1 aromatic carbocycles. The van der Waals surface area contributed by atoms with E-state index in [1.807, 2.05) is 13.8 Å². The fourth-order valence-electron chi connectivity index (χ4n) is 2.86. The first-order valence-electron chi connectivity index (χ1n) is 8.35. The van der Waals surface area contributed by atoms with Crippen LogP contribution < -0.4 is 11.1 Å². The molecule has 0 unspecified atom stereocenters. The Labute approximate surface area is 150 Å².